The molecule has 6 heteroatoms. The first kappa shape index (κ1) is 18.7. The lowest BCUT2D eigenvalue weighted by Crippen LogP contribution is -2.40. The minimum atomic E-state index is -0.246. The number of nitrogens with zero attached hydrogens (tertiary/aromatic N) is 4. The summed E-state index contributed by atoms with van der Waals surface area (Å²) in [7, 11) is 3.82. The van der Waals surface area contributed by atoms with Crippen LogP contribution >= 0.6 is 0 Å². The summed E-state index contributed by atoms with van der Waals surface area (Å²) >= 11 is 0. The summed E-state index contributed by atoms with van der Waals surface area (Å²) in [6, 6.07) is 8.27. The van der Waals surface area contributed by atoms with Crippen LogP contribution in [0.15, 0.2) is 54.2 Å². The van der Waals surface area contributed by atoms with Crippen LogP contribution in [0.3, 0.4) is 0 Å². The molecule has 0 radical (unpaired) electrons. The predicted molar refractivity (Wildman–Crippen MR) is 101 cm³/mol. The quantitative estimate of drug-likeness (QED) is 0.347. The molecule has 0 saturated carbocycles. The molecule has 0 spiro atoms. The van der Waals surface area contributed by atoms with Crippen LogP contribution in [0.2, 0.25) is 0 Å². The van der Waals surface area contributed by atoms with E-state index in [4.69, 9.17) is 0 Å². The van der Waals surface area contributed by atoms with Crippen LogP contribution in [0.4, 0.5) is 4.39 Å². The van der Waals surface area contributed by atoms with Gasteiger partial charge in [0.05, 0.1) is 11.4 Å². The molecule has 1 heterocycles. The molecule has 2 rings (SSSR count). The fraction of sp³-hybridized carbons (Fsp3) is 0.368. The van der Waals surface area contributed by atoms with Crippen LogP contribution in [-0.4, -0.2) is 47.8 Å². The number of hydrogen-bond acceptors (Lipinski definition) is 2. The molecule has 0 aliphatic heterocycles. The molecule has 0 saturated heterocycles. The zero-order valence-corrected chi connectivity index (χ0v) is 15.0. The lowest BCUT2D eigenvalue weighted by atomic mass is 10.3. The van der Waals surface area contributed by atoms with Crippen LogP contribution in [0.1, 0.15) is 18.5 Å². The Balaban J connectivity index is 1.83. The number of unbranched alkanes of at least 4 members (excludes halogenated alkanes) is 1. The second-order valence-corrected chi connectivity index (χ2v) is 5.80. The first-order valence-corrected chi connectivity index (χ1v) is 8.47. The molecule has 0 aliphatic carbocycles. The van der Waals surface area contributed by atoms with Gasteiger partial charge in [0.1, 0.15) is 5.82 Å². The van der Waals surface area contributed by atoms with E-state index in [9.17, 15) is 4.39 Å². The summed E-state index contributed by atoms with van der Waals surface area (Å²) in [6.45, 7) is 5.43. The highest BCUT2D eigenvalue weighted by molar-refractivity contribution is 5.79. The number of guanidine groups is 1. The van der Waals surface area contributed by atoms with Crippen molar-refractivity contribution in [1.82, 2.24) is 20.0 Å². The monoisotopic (exact) mass is 343 g/mol. The minimum Gasteiger partial charge on any atom is -0.356 e. The number of rotatable bonds is 8. The van der Waals surface area contributed by atoms with E-state index in [0.29, 0.717) is 0 Å². The molecule has 0 amide bonds. The van der Waals surface area contributed by atoms with Gasteiger partial charge in [-0.05, 0) is 43.2 Å². The van der Waals surface area contributed by atoms with Gasteiger partial charge < -0.3 is 10.2 Å². The van der Waals surface area contributed by atoms with Crippen molar-refractivity contribution in [3.05, 3.63) is 60.7 Å². The average Bonchev–Trinajstić information content (AvgIpc) is 3.08. The largest absolute Gasteiger partial charge is 0.356 e. The number of benzene rings is 1. The van der Waals surface area contributed by atoms with E-state index >= 15 is 0 Å². The smallest absolute Gasteiger partial charge is 0.193 e. The fourth-order valence-electron chi connectivity index (χ4n) is 2.50. The molecule has 2 aromatic rings. The molecule has 0 aliphatic rings. The molecule has 0 fully saturated rings. The van der Waals surface area contributed by atoms with Crippen molar-refractivity contribution in [2.24, 2.45) is 4.99 Å². The Labute approximate surface area is 148 Å². The van der Waals surface area contributed by atoms with Crippen LogP contribution in [0.5, 0.6) is 0 Å². The number of allylic oxidation sites excluding steroid dienone is 1. The van der Waals surface area contributed by atoms with E-state index in [1.165, 1.54) is 12.1 Å². The van der Waals surface area contributed by atoms with E-state index in [2.05, 4.69) is 26.9 Å². The van der Waals surface area contributed by atoms with Crippen LogP contribution in [-0.2, 0) is 6.42 Å². The number of aliphatic imine (C=N–C) groups is 1. The number of hydrogen-bond donors (Lipinski definition) is 1. The van der Waals surface area contributed by atoms with Crippen molar-refractivity contribution in [2.45, 2.75) is 19.3 Å². The Kier molecular flexibility index (Phi) is 7.19. The van der Waals surface area contributed by atoms with Crippen molar-refractivity contribution < 1.29 is 4.39 Å². The van der Waals surface area contributed by atoms with Crippen molar-refractivity contribution in [2.75, 3.05) is 27.2 Å². The first-order chi connectivity index (χ1) is 12.1. The lowest BCUT2D eigenvalue weighted by Gasteiger charge is -2.21. The van der Waals surface area contributed by atoms with Crippen molar-refractivity contribution in [3.8, 4) is 5.69 Å². The van der Waals surface area contributed by atoms with Gasteiger partial charge in [0, 0.05) is 39.8 Å². The van der Waals surface area contributed by atoms with Gasteiger partial charge in [0.15, 0.2) is 5.96 Å². The van der Waals surface area contributed by atoms with Gasteiger partial charge in [-0.25, -0.2) is 9.07 Å². The summed E-state index contributed by atoms with van der Waals surface area (Å²) < 4.78 is 14.7. The van der Waals surface area contributed by atoms with Gasteiger partial charge in [0.25, 0.3) is 0 Å². The van der Waals surface area contributed by atoms with E-state index < -0.39 is 0 Å². The number of aromatic nitrogens is 2. The third kappa shape index (κ3) is 5.74. The summed E-state index contributed by atoms with van der Waals surface area (Å²) in [5.74, 6) is 0.631. The highest BCUT2D eigenvalue weighted by Gasteiger charge is 2.06. The molecule has 1 N–H and O–H groups in total. The minimum absolute atomic E-state index is 0.246. The molecular weight excluding hydrogens is 317 g/mol. The molecule has 0 bridgehead atoms. The first-order valence-electron chi connectivity index (χ1n) is 8.47. The zero-order chi connectivity index (χ0) is 18.1. The van der Waals surface area contributed by atoms with E-state index in [0.717, 1.165) is 49.7 Å². The summed E-state index contributed by atoms with van der Waals surface area (Å²) in [5.41, 5.74) is 1.82. The van der Waals surface area contributed by atoms with Gasteiger partial charge >= 0.3 is 0 Å². The molecule has 25 heavy (non-hydrogen) atoms. The fourth-order valence-corrected chi connectivity index (χ4v) is 2.50. The van der Waals surface area contributed by atoms with Crippen molar-refractivity contribution >= 4 is 5.96 Å². The second-order valence-electron chi connectivity index (χ2n) is 5.80. The predicted octanol–water partition coefficient (Wildman–Crippen LogP) is 3.03. The Bertz CT molecular complexity index is 690. The highest BCUT2D eigenvalue weighted by Crippen LogP contribution is 2.09. The van der Waals surface area contributed by atoms with Gasteiger partial charge in [-0.3, -0.25) is 4.99 Å². The maximum atomic E-state index is 13.0. The maximum Gasteiger partial charge on any atom is 0.193 e. The molecule has 1 aromatic heterocycles. The highest BCUT2D eigenvalue weighted by atomic mass is 19.1. The Morgan fingerprint density at radius 1 is 1.36 bits per heavy atom. The number of nitrogens with one attached hydrogen (secondary N) is 1. The van der Waals surface area contributed by atoms with Crippen molar-refractivity contribution in [1.29, 1.82) is 0 Å². The van der Waals surface area contributed by atoms with Gasteiger partial charge in [-0.1, -0.05) is 6.08 Å². The maximum absolute atomic E-state index is 13.0. The normalized spacial score (nSPS) is 11.4. The summed E-state index contributed by atoms with van der Waals surface area (Å²) in [5, 5.41) is 7.88. The second kappa shape index (κ2) is 9.61. The molecule has 5 nitrogen and oxygen atoms in total. The molecule has 0 unspecified atom stereocenters. The summed E-state index contributed by atoms with van der Waals surface area (Å²) in [4.78, 5) is 6.42. The Morgan fingerprint density at radius 3 is 2.80 bits per heavy atom. The summed E-state index contributed by atoms with van der Waals surface area (Å²) in [6.07, 6.45) is 6.67. The molecular formula is C19H26FN5. The molecule has 0 atom stereocenters. The zero-order valence-electron chi connectivity index (χ0n) is 15.0. The average molecular weight is 343 g/mol. The number of halogens is 1. The van der Waals surface area contributed by atoms with Crippen molar-refractivity contribution in [3.63, 3.8) is 0 Å². The van der Waals surface area contributed by atoms with Gasteiger partial charge in [-0.2, -0.15) is 5.10 Å². The van der Waals surface area contributed by atoms with E-state index in [-0.39, 0.29) is 5.82 Å². The van der Waals surface area contributed by atoms with E-state index in [1.54, 1.807) is 23.9 Å². The van der Waals surface area contributed by atoms with Gasteiger partial charge in [-0.15, -0.1) is 6.58 Å². The van der Waals surface area contributed by atoms with Crippen LogP contribution < -0.4 is 5.32 Å². The Hall–Kier alpha value is -2.63. The molecule has 1 aromatic carbocycles. The SMILES string of the molecule is C=CCCCN(C)C(=NC)NCCc1ccn(-c2ccc(F)cc2)n1. The lowest BCUT2D eigenvalue weighted by molar-refractivity contribution is 0.470. The van der Waals surface area contributed by atoms with Gasteiger partial charge in [0.2, 0.25) is 0 Å². The molecule has 134 valence electrons. The third-order valence-corrected chi connectivity index (χ3v) is 3.87. The topological polar surface area (TPSA) is 45.5 Å². The standard InChI is InChI=1S/C19H26FN5/c1-4-5-6-14-24(3)19(21-2)22-13-11-17-12-15-25(23-17)18-9-7-16(20)8-10-18/h4,7-10,12,15H,1,5-6,11,13-14H2,2-3H3,(H,21,22). The van der Waals surface area contributed by atoms with Crippen LogP contribution in [0.25, 0.3) is 5.69 Å². The van der Waals surface area contributed by atoms with E-state index in [1.807, 2.05) is 25.4 Å². The van der Waals surface area contributed by atoms with Crippen LogP contribution in [0, 0.1) is 5.82 Å². The Morgan fingerprint density at radius 2 is 2.12 bits per heavy atom. The third-order valence-electron chi connectivity index (χ3n) is 3.87.